The first-order valence-electron chi connectivity index (χ1n) is 6.55. The van der Waals surface area contributed by atoms with E-state index in [0.29, 0.717) is 18.9 Å². The van der Waals surface area contributed by atoms with E-state index in [1.807, 2.05) is 0 Å². The summed E-state index contributed by atoms with van der Waals surface area (Å²) >= 11 is 0. The number of hydrogen-bond acceptors (Lipinski definition) is 3. The normalized spacial score (nSPS) is 18.4. The zero-order valence-corrected chi connectivity index (χ0v) is 11.1. The minimum Gasteiger partial charge on any atom is -0.504 e. The number of alkyl halides is 3. The van der Waals surface area contributed by atoms with Gasteiger partial charge in [-0.05, 0) is 30.5 Å². The van der Waals surface area contributed by atoms with E-state index < -0.39 is 40.2 Å². The van der Waals surface area contributed by atoms with Gasteiger partial charge in [0, 0.05) is 0 Å². The van der Waals surface area contributed by atoms with Crippen LogP contribution in [0.5, 0.6) is 11.5 Å². The molecular weight excluding hydrogens is 289 g/mol. The van der Waals surface area contributed by atoms with E-state index in [0.717, 1.165) is 12.5 Å². The van der Waals surface area contributed by atoms with Crippen molar-refractivity contribution in [3.8, 4) is 11.5 Å². The molecule has 3 N–H and O–H groups in total. The Labute approximate surface area is 118 Å². The second-order valence-corrected chi connectivity index (χ2v) is 5.33. The number of halogens is 3. The fourth-order valence-electron chi connectivity index (χ4n) is 2.96. The SMILES string of the molecule is O=C(O)C1(c2cc(O)c(O)cc2C(F)(F)F)CCCCC1. The van der Waals surface area contributed by atoms with Crippen molar-refractivity contribution in [3.05, 3.63) is 23.3 Å². The van der Waals surface area contributed by atoms with E-state index in [2.05, 4.69) is 0 Å². The second-order valence-electron chi connectivity index (χ2n) is 5.33. The van der Waals surface area contributed by atoms with Crippen molar-refractivity contribution >= 4 is 5.97 Å². The topological polar surface area (TPSA) is 77.8 Å². The van der Waals surface area contributed by atoms with E-state index >= 15 is 0 Å². The lowest BCUT2D eigenvalue weighted by molar-refractivity contribution is -0.147. The fraction of sp³-hybridized carbons (Fsp3) is 0.500. The summed E-state index contributed by atoms with van der Waals surface area (Å²) in [6, 6.07) is 1.13. The number of aliphatic carboxylic acids is 1. The molecule has 0 saturated heterocycles. The Bertz CT molecular complexity index is 560. The first-order chi connectivity index (χ1) is 9.68. The molecule has 7 heteroatoms. The zero-order valence-electron chi connectivity index (χ0n) is 11.1. The molecule has 0 atom stereocenters. The van der Waals surface area contributed by atoms with Crippen molar-refractivity contribution in [2.24, 2.45) is 0 Å². The minimum absolute atomic E-state index is 0.0790. The van der Waals surface area contributed by atoms with Crippen LogP contribution >= 0.6 is 0 Å². The third kappa shape index (κ3) is 2.64. The summed E-state index contributed by atoms with van der Waals surface area (Å²) in [5.41, 5.74) is -3.35. The van der Waals surface area contributed by atoms with Crippen molar-refractivity contribution in [3.63, 3.8) is 0 Å². The number of phenols is 2. The number of carboxylic acid groups (broad SMARTS) is 1. The molecule has 21 heavy (non-hydrogen) atoms. The summed E-state index contributed by atoms with van der Waals surface area (Å²) in [6.45, 7) is 0. The summed E-state index contributed by atoms with van der Waals surface area (Å²) in [7, 11) is 0. The fourth-order valence-corrected chi connectivity index (χ4v) is 2.96. The van der Waals surface area contributed by atoms with Crippen molar-refractivity contribution in [2.75, 3.05) is 0 Å². The first-order valence-corrected chi connectivity index (χ1v) is 6.55. The molecule has 0 aliphatic heterocycles. The first kappa shape index (κ1) is 15.5. The molecule has 0 unspecified atom stereocenters. The molecule has 1 fully saturated rings. The molecule has 0 aromatic heterocycles. The van der Waals surface area contributed by atoms with Crippen LogP contribution in [0.3, 0.4) is 0 Å². The Morgan fingerprint density at radius 2 is 1.57 bits per heavy atom. The summed E-state index contributed by atoms with van der Waals surface area (Å²) in [5.74, 6) is -3.00. The second kappa shape index (κ2) is 5.13. The van der Waals surface area contributed by atoms with Crippen LogP contribution in [0, 0.1) is 0 Å². The lowest BCUT2D eigenvalue weighted by atomic mass is 9.68. The lowest BCUT2D eigenvalue weighted by Crippen LogP contribution is -2.39. The van der Waals surface area contributed by atoms with Gasteiger partial charge in [0.15, 0.2) is 11.5 Å². The maximum absolute atomic E-state index is 13.2. The van der Waals surface area contributed by atoms with E-state index in [4.69, 9.17) is 0 Å². The van der Waals surface area contributed by atoms with Crippen molar-refractivity contribution in [2.45, 2.75) is 43.7 Å². The van der Waals surface area contributed by atoms with Crippen molar-refractivity contribution in [1.82, 2.24) is 0 Å². The minimum atomic E-state index is -4.81. The van der Waals surface area contributed by atoms with Crippen LogP contribution in [0.2, 0.25) is 0 Å². The predicted molar refractivity (Wildman–Crippen MR) is 67.2 cm³/mol. The standard InChI is InChI=1S/C14H15F3O4/c15-14(16,17)9-7-11(19)10(18)6-8(9)13(12(20)21)4-2-1-3-5-13/h6-7,18-19H,1-5H2,(H,20,21). The maximum Gasteiger partial charge on any atom is 0.416 e. The lowest BCUT2D eigenvalue weighted by Gasteiger charge is -2.35. The highest BCUT2D eigenvalue weighted by molar-refractivity contribution is 5.82. The molecule has 116 valence electrons. The van der Waals surface area contributed by atoms with Crippen LogP contribution in [0.15, 0.2) is 12.1 Å². The zero-order chi connectivity index (χ0) is 15.8. The number of aromatic hydroxyl groups is 2. The molecule has 1 aromatic carbocycles. The molecule has 1 saturated carbocycles. The van der Waals surface area contributed by atoms with Gasteiger partial charge in [-0.3, -0.25) is 4.79 Å². The highest BCUT2D eigenvalue weighted by Gasteiger charge is 2.47. The van der Waals surface area contributed by atoms with E-state index in [9.17, 15) is 33.3 Å². The third-order valence-electron chi connectivity index (χ3n) is 4.05. The molecule has 1 aliphatic rings. The van der Waals surface area contributed by atoms with Crippen molar-refractivity contribution < 1.29 is 33.3 Å². The summed E-state index contributed by atoms with van der Waals surface area (Å²) in [5, 5.41) is 28.3. The smallest absolute Gasteiger partial charge is 0.416 e. The van der Waals surface area contributed by atoms with E-state index in [1.165, 1.54) is 0 Å². The van der Waals surface area contributed by atoms with Crippen LogP contribution in [0.25, 0.3) is 0 Å². The highest BCUT2D eigenvalue weighted by Crippen LogP contribution is 2.48. The molecule has 1 aromatic rings. The Morgan fingerprint density at radius 3 is 2.05 bits per heavy atom. The monoisotopic (exact) mass is 304 g/mol. The van der Waals surface area contributed by atoms with Gasteiger partial charge < -0.3 is 15.3 Å². The molecule has 0 spiro atoms. The molecule has 2 rings (SSSR count). The van der Waals surface area contributed by atoms with E-state index in [1.54, 1.807) is 0 Å². The Balaban J connectivity index is 2.70. The number of benzene rings is 1. The Morgan fingerprint density at radius 1 is 1.05 bits per heavy atom. The van der Waals surface area contributed by atoms with Crippen LogP contribution in [-0.2, 0) is 16.4 Å². The number of carboxylic acids is 1. The Kier molecular flexibility index (Phi) is 3.78. The predicted octanol–water partition coefficient (Wildman–Crippen LogP) is 3.40. The molecular formula is C14H15F3O4. The molecule has 0 radical (unpaired) electrons. The maximum atomic E-state index is 13.2. The summed E-state index contributed by atoms with van der Waals surface area (Å²) < 4.78 is 39.5. The van der Waals surface area contributed by atoms with Crippen LogP contribution in [0.4, 0.5) is 13.2 Å². The average molecular weight is 304 g/mol. The quantitative estimate of drug-likeness (QED) is 0.732. The summed E-state index contributed by atoms with van der Waals surface area (Å²) in [6.07, 6.45) is -2.87. The largest absolute Gasteiger partial charge is 0.504 e. The van der Waals surface area contributed by atoms with E-state index in [-0.39, 0.29) is 12.8 Å². The molecule has 1 aliphatic carbocycles. The number of phenolic OH excluding ortho intramolecular Hbond substituents is 2. The van der Waals surface area contributed by atoms with Gasteiger partial charge in [0.1, 0.15) is 0 Å². The van der Waals surface area contributed by atoms with Gasteiger partial charge in [-0.15, -0.1) is 0 Å². The van der Waals surface area contributed by atoms with Crippen LogP contribution in [0.1, 0.15) is 43.2 Å². The van der Waals surface area contributed by atoms with Gasteiger partial charge in [-0.25, -0.2) is 0 Å². The Hall–Kier alpha value is -1.92. The van der Waals surface area contributed by atoms with Crippen LogP contribution < -0.4 is 0 Å². The summed E-state index contributed by atoms with van der Waals surface area (Å²) in [4.78, 5) is 11.6. The van der Waals surface area contributed by atoms with Gasteiger partial charge >= 0.3 is 12.1 Å². The molecule has 0 heterocycles. The number of carbonyl (C=O) groups is 1. The molecule has 4 nitrogen and oxygen atoms in total. The average Bonchev–Trinajstić information content (AvgIpc) is 2.40. The number of rotatable bonds is 2. The van der Waals surface area contributed by atoms with Crippen molar-refractivity contribution in [1.29, 1.82) is 0 Å². The molecule has 0 amide bonds. The van der Waals surface area contributed by atoms with Gasteiger partial charge in [-0.1, -0.05) is 19.3 Å². The van der Waals surface area contributed by atoms with Crippen LogP contribution in [-0.4, -0.2) is 21.3 Å². The van der Waals surface area contributed by atoms with Gasteiger partial charge in [0.2, 0.25) is 0 Å². The third-order valence-corrected chi connectivity index (χ3v) is 4.05. The highest BCUT2D eigenvalue weighted by atomic mass is 19.4. The van der Waals surface area contributed by atoms with Gasteiger partial charge in [-0.2, -0.15) is 13.2 Å². The number of hydrogen-bond donors (Lipinski definition) is 3. The van der Waals surface area contributed by atoms with Gasteiger partial charge in [0.05, 0.1) is 11.0 Å². The molecule has 0 bridgehead atoms. The van der Waals surface area contributed by atoms with Gasteiger partial charge in [0.25, 0.3) is 0 Å².